The lowest BCUT2D eigenvalue weighted by Gasteiger charge is -2.36. The van der Waals surface area contributed by atoms with Gasteiger partial charge in [0.25, 0.3) is 0 Å². The summed E-state index contributed by atoms with van der Waals surface area (Å²) in [6, 6.07) is 0. The smallest absolute Gasteiger partial charge is 0.174 e. The van der Waals surface area contributed by atoms with Gasteiger partial charge in [0.05, 0.1) is 13.2 Å². The zero-order chi connectivity index (χ0) is 13.1. The predicted molar refractivity (Wildman–Crippen MR) is 70.4 cm³/mol. The highest BCUT2D eigenvalue weighted by Gasteiger charge is 2.61. The third-order valence-corrected chi connectivity index (χ3v) is 4.48. The van der Waals surface area contributed by atoms with Crippen molar-refractivity contribution in [1.29, 1.82) is 0 Å². The molecular weight excluding hydrogens is 228 g/mol. The van der Waals surface area contributed by atoms with Gasteiger partial charge in [-0.3, -0.25) is 0 Å². The number of Topliss-reactive ketones (excluding diaryl/α,β-unsaturated/α-hetero) is 1. The minimum Gasteiger partial charge on any atom is -0.347 e. The first-order valence-electron chi connectivity index (χ1n) is 7.41. The minimum absolute atomic E-state index is 0.142. The highest BCUT2D eigenvalue weighted by molar-refractivity contribution is 5.75. The van der Waals surface area contributed by atoms with Crippen LogP contribution < -0.4 is 0 Å². The zero-order valence-corrected chi connectivity index (χ0v) is 11.8. The molecule has 0 atom stereocenters. The van der Waals surface area contributed by atoms with Gasteiger partial charge in [-0.1, -0.05) is 19.8 Å². The highest BCUT2D eigenvalue weighted by atomic mass is 16.7. The van der Waals surface area contributed by atoms with Crippen molar-refractivity contribution in [2.75, 3.05) is 13.2 Å². The number of ketones is 1. The standard InChI is InChI=1S/C15H26O3/c1-3-4-5-7-15(17-11-12-18-15)14(9-10-14)8-6-13(2)16/h3-12H2,1-2H3. The number of unbranched alkanes of at least 4 members (excludes halogenated alkanes) is 2. The molecular formula is C15H26O3. The Morgan fingerprint density at radius 2 is 1.78 bits per heavy atom. The van der Waals surface area contributed by atoms with E-state index in [1.807, 2.05) is 0 Å². The number of rotatable bonds is 8. The van der Waals surface area contributed by atoms with E-state index in [1.165, 1.54) is 19.3 Å². The Kier molecular flexibility index (Phi) is 4.44. The Hall–Kier alpha value is -0.410. The topological polar surface area (TPSA) is 35.5 Å². The fraction of sp³-hybridized carbons (Fsp3) is 0.933. The van der Waals surface area contributed by atoms with Crippen molar-refractivity contribution in [1.82, 2.24) is 0 Å². The van der Waals surface area contributed by atoms with Gasteiger partial charge in [0.1, 0.15) is 5.78 Å². The monoisotopic (exact) mass is 254 g/mol. The molecule has 18 heavy (non-hydrogen) atoms. The molecule has 3 heteroatoms. The average molecular weight is 254 g/mol. The lowest BCUT2D eigenvalue weighted by Crippen LogP contribution is -2.41. The van der Waals surface area contributed by atoms with Crippen LogP contribution in [0, 0.1) is 5.41 Å². The number of carbonyl (C=O) groups is 1. The van der Waals surface area contributed by atoms with Gasteiger partial charge < -0.3 is 14.3 Å². The summed E-state index contributed by atoms with van der Waals surface area (Å²) in [5.41, 5.74) is 0.142. The quantitative estimate of drug-likeness (QED) is 0.622. The van der Waals surface area contributed by atoms with Crippen LogP contribution >= 0.6 is 0 Å². The van der Waals surface area contributed by atoms with Crippen LogP contribution in [0.3, 0.4) is 0 Å². The van der Waals surface area contributed by atoms with E-state index in [-0.39, 0.29) is 17.0 Å². The van der Waals surface area contributed by atoms with E-state index in [4.69, 9.17) is 9.47 Å². The summed E-state index contributed by atoms with van der Waals surface area (Å²) >= 11 is 0. The van der Waals surface area contributed by atoms with Gasteiger partial charge in [-0.25, -0.2) is 0 Å². The Labute approximate surface area is 110 Å². The van der Waals surface area contributed by atoms with Crippen LogP contribution in [0.2, 0.25) is 0 Å². The van der Waals surface area contributed by atoms with Gasteiger partial charge in [-0.2, -0.15) is 0 Å². The van der Waals surface area contributed by atoms with E-state index in [2.05, 4.69) is 6.92 Å². The molecule has 0 amide bonds. The fourth-order valence-electron chi connectivity index (χ4n) is 3.17. The summed E-state index contributed by atoms with van der Waals surface area (Å²) in [4.78, 5) is 11.2. The van der Waals surface area contributed by atoms with Crippen LogP contribution in [0.5, 0.6) is 0 Å². The second-order valence-corrected chi connectivity index (χ2v) is 5.89. The van der Waals surface area contributed by atoms with Crippen LogP contribution in [0.25, 0.3) is 0 Å². The second-order valence-electron chi connectivity index (χ2n) is 5.89. The minimum atomic E-state index is -0.363. The molecule has 2 aliphatic rings. The van der Waals surface area contributed by atoms with Crippen LogP contribution in [0.4, 0.5) is 0 Å². The summed E-state index contributed by atoms with van der Waals surface area (Å²) < 4.78 is 12.0. The third kappa shape index (κ3) is 2.77. The van der Waals surface area contributed by atoms with Gasteiger partial charge in [0.15, 0.2) is 5.79 Å². The van der Waals surface area contributed by atoms with Crippen molar-refractivity contribution in [3.63, 3.8) is 0 Å². The first kappa shape index (κ1) is 14.0. The lowest BCUT2D eigenvalue weighted by molar-refractivity contribution is -0.213. The molecule has 104 valence electrons. The Balaban J connectivity index is 1.97. The van der Waals surface area contributed by atoms with E-state index in [0.29, 0.717) is 19.6 Å². The van der Waals surface area contributed by atoms with Gasteiger partial charge in [0, 0.05) is 18.3 Å². The molecule has 0 N–H and O–H groups in total. The van der Waals surface area contributed by atoms with Gasteiger partial charge >= 0.3 is 0 Å². The molecule has 0 spiro atoms. The first-order chi connectivity index (χ1) is 8.64. The molecule has 0 bridgehead atoms. The van der Waals surface area contributed by atoms with Crippen LogP contribution in [-0.4, -0.2) is 24.8 Å². The second kappa shape index (κ2) is 5.70. The summed E-state index contributed by atoms with van der Waals surface area (Å²) in [6.07, 6.45) is 8.54. The average Bonchev–Trinajstić information content (AvgIpc) is 3.00. The molecule has 1 saturated heterocycles. The third-order valence-electron chi connectivity index (χ3n) is 4.48. The predicted octanol–water partition coefficient (Wildman–Crippen LogP) is 3.46. The number of hydrogen-bond donors (Lipinski definition) is 0. The normalized spacial score (nSPS) is 24.1. The molecule has 1 aliphatic carbocycles. The van der Waals surface area contributed by atoms with Crippen molar-refractivity contribution in [3.05, 3.63) is 0 Å². The molecule has 1 heterocycles. The summed E-state index contributed by atoms with van der Waals surface area (Å²) in [5, 5.41) is 0. The van der Waals surface area contributed by atoms with Crippen molar-refractivity contribution in [2.24, 2.45) is 5.41 Å². The fourth-order valence-corrected chi connectivity index (χ4v) is 3.17. The maximum Gasteiger partial charge on any atom is 0.174 e. The van der Waals surface area contributed by atoms with Crippen molar-refractivity contribution in [3.8, 4) is 0 Å². The van der Waals surface area contributed by atoms with Crippen LogP contribution in [0.15, 0.2) is 0 Å². The molecule has 2 fully saturated rings. The Bertz CT molecular complexity index is 288. The number of ether oxygens (including phenoxy) is 2. The van der Waals surface area contributed by atoms with Gasteiger partial charge in [0.2, 0.25) is 0 Å². The molecule has 1 aliphatic heterocycles. The summed E-state index contributed by atoms with van der Waals surface area (Å²) in [6.45, 7) is 5.32. The molecule has 0 aromatic heterocycles. The van der Waals surface area contributed by atoms with E-state index >= 15 is 0 Å². The molecule has 3 nitrogen and oxygen atoms in total. The van der Waals surface area contributed by atoms with E-state index in [9.17, 15) is 4.79 Å². The van der Waals surface area contributed by atoms with Crippen molar-refractivity contribution < 1.29 is 14.3 Å². The Morgan fingerprint density at radius 1 is 1.11 bits per heavy atom. The summed E-state index contributed by atoms with van der Waals surface area (Å²) in [7, 11) is 0. The van der Waals surface area contributed by atoms with E-state index in [0.717, 1.165) is 25.7 Å². The number of hydrogen-bond acceptors (Lipinski definition) is 3. The molecule has 0 unspecified atom stereocenters. The van der Waals surface area contributed by atoms with Gasteiger partial charge in [-0.15, -0.1) is 0 Å². The molecule has 2 rings (SSSR count). The zero-order valence-electron chi connectivity index (χ0n) is 11.8. The molecule has 0 aromatic carbocycles. The maximum atomic E-state index is 11.2. The molecule has 0 aromatic rings. The Morgan fingerprint density at radius 3 is 2.28 bits per heavy atom. The van der Waals surface area contributed by atoms with E-state index in [1.54, 1.807) is 6.92 Å². The van der Waals surface area contributed by atoms with Crippen molar-refractivity contribution in [2.45, 2.75) is 71.0 Å². The largest absolute Gasteiger partial charge is 0.347 e. The first-order valence-corrected chi connectivity index (χ1v) is 7.41. The van der Waals surface area contributed by atoms with E-state index < -0.39 is 0 Å². The SMILES string of the molecule is CCCCCC1(C2(CCC(C)=O)CC2)OCCO1. The number of carbonyl (C=O) groups excluding carboxylic acids is 1. The highest BCUT2D eigenvalue weighted by Crippen LogP contribution is 2.62. The lowest BCUT2D eigenvalue weighted by atomic mass is 9.85. The molecule has 1 saturated carbocycles. The molecule has 0 radical (unpaired) electrons. The van der Waals surface area contributed by atoms with Gasteiger partial charge in [-0.05, 0) is 32.6 Å². The van der Waals surface area contributed by atoms with Crippen LogP contribution in [0.1, 0.15) is 65.2 Å². The summed E-state index contributed by atoms with van der Waals surface area (Å²) in [5.74, 6) is -0.0829. The van der Waals surface area contributed by atoms with Crippen LogP contribution in [-0.2, 0) is 14.3 Å². The van der Waals surface area contributed by atoms with Crippen molar-refractivity contribution >= 4 is 5.78 Å². The maximum absolute atomic E-state index is 11.2.